The third kappa shape index (κ3) is 2.82. The Balaban J connectivity index is 1.61. The van der Waals surface area contributed by atoms with E-state index < -0.39 is 11.7 Å². The lowest BCUT2D eigenvalue weighted by atomic mass is 9.37. The van der Waals surface area contributed by atoms with Crippen LogP contribution in [0.5, 0.6) is 5.88 Å². The van der Waals surface area contributed by atoms with E-state index in [-0.39, 0.29) is 16.5 Å². The molecule has 150 valence electrons. The number of aryl methyl sites for hydroxylation is 1. The monoisotopic (exact) mass is 386 g/mol. The summed E-state index contributed by atoms with van der Waals surface area (Å²) in [6.45, 7) is 7.90. The molecule has 0 spiro atoms. The Morgan fingerprint density at radius 3 is 2.57 bits per heavy atom. The van der Waals surface area contributed by atoms with E-state index in [0.29, 0.717) is 18.1 Å². The average Bonchev–Trinajstić information content (AvgIpc) is 2.52. The third-order valence-corrected chi connectivity index (χ3v) is 5.62. The van der Waals surface area contributed by atoms with E-state index >= 15 is 0 Å². The van der Waals surface area contributed by atoms with Gasteiger partial charge in [-0.3, -0.25) is 9.36 Å². The van der Waals surface area contributed by atoms with Gasteiger partial charge in [0, 0.05) is 23.6 Å². The summed E-state index contributed by atoms with van der Waals surface area (Å²) in [4.78, 5) is 33.6. The first-order valence-corrected chi connectivity index (χ1v) is 9.57. The first kappa shape index (κ1) is 18.7. The minimum Gasteiger partial charge on any atom is -0.477 e. The van der Waals surface area contributed by atoms with Crippen molar-refractivity contribution in [2.24, 2.45) is 7.05 Å². The lowest BCUT2D eigenvalue weighted by Crippen LogP contribution is -2.77. The molecule has 3 fully saturated rings. The molecule has 5 rings (SSSR count). The summed E-state index contributed by atoms with van der Waals surface area (Å²) in [7, 11) is 1.72. The topological polar surface area (TPSA) is 95.3 Å². The van der Waals surface area contributed by atoms with Gasteiger partial charge in [-0.05, 0) is 53.0 Å². The Kier molecular flexibility index (Phi) is 3.96. The van der Waals surface area contributed by atoms with Crippen molar-refractivity contribution in [2.75, 3.05) is 6.61 Å². The molecule has 2 aromatic rings. The largest absolute Gasteiger partial charge is 0.477 e. The van der Waals surface area contributed by atoms with E-state index in [0.717, 1.165) is 30.2 Å². The van der Waals surface area contributed by atoms with Crippen LogP contribution in [0.4, 0.5) is 4.79 Å². The quantitative estimate of drug-likeness (QED) is 0.867. The van der Waals surface area contributed by atoms with Crippen LogP contribution in [-0.2, 0) is 17.2 Å². The molecule has 28 heavy (non-hydrogen) atoms. The van der Waals surface area contributed by atoms with Crippen molar-refractivity contribution in [2.45, 2.75) is 63.5 Å². The van der Waals surface area contributed by atoms with Crippen molar-refractivity contribution in [3.05, 3.63) is 28.3 Å². The molecule has 0 aromatic carbocycles. The number of fused-ring (bicyclic) bond motifs is 1. The maximum atomic E-state index is 13.0. The predicted molar refractivity (Wildman–Crippen MR) is 104 cm³/mol. The number of hydrogen-bond acceptors (Lipinski definition) is 6. The zero-order chi connectivity index (χ0) is 20.3. The number of rotatable bonds is 4. The zero-order valence-corrected chi connectivity index (χ0v) is 17.0. The Bertz CT molecular complexity index is 1000. The lowest BCUT2D eigenvalue weighted by molar-refractivity contribution is -0.0892. The van der Waals surface area contributed by atoms with Gasteiger partial charge >= 0.3 is 6.09 Å². The Labute approximate surface area is 163 Å². The van der Waals surface area contributed by atoms with Gasteiger partial charge in [0.2, 0.25) is 5.88 Å². The van der Waals surface area contributed by atoms with Crippen LogP contribution in [0.1, 0.15) is 52.5 Å². The summed E-state index contributed by atoms with van der Waals surface area (Å²) in [5.74, 6) is 0.484. The molecule has 0 saturated heterocycles. The van der Waals surface area contributed by atoms with Crippen LogP contribution in [-0.4, -0.2) is 38.4 Å². The third-order valence-electron chi connectivity index (χ3n) is 5.62. The Morgan fingerprint density at radius 2 is 1.96 bits per heavy atom. The number of carbonyl (C=O) groups is 1. The number of ether oxygens (including phenoxy) is 2. The van der Waals surface area contributed by atoms with Gasteiger partial charge in [0.1, 0.15) is 17.6 Å². The molecular weight excluding hydrogens is 360 g/mol. The summed E-state index contributed by atoms with van der Waals surface area (Å²) in [5, 5.41) is 3.73. The van der Waals surface area contributed by atoms with E-state index in [1.54, 1.807) is 11.6 Å². The molecule has 3 aliphatic rings. The first-order valence-electron chi connectivity index (χ1n) is 9.57. The number of nitrogens with one attached hydrogen (secondary N) is 1. The number of alkyl carbamates (subject to hydrolysis) is 1. The smallest absolute Gasteiger partial charge is 0.408 e. The number of amides is 1. The molecule has 2 heterocycles. The van der Waals surface area contributed by atoms with Crippen molar-refractivity contribution in [3.63, 3.8) is 0 Å². The van der Waals surface area contributed by atoms with E-state index in [1.165, 1.54) is 6.33 Å². The van der Waals surface area contributed by atoms with Crippen molar-refractivity contribution in [1.29, 1.82) is 0 Å². The van der Waals surface area contributed by atoms with Gasteiger partial charge in [0.15, 0.2) is 0 Å². The number of carbonyl (C=O) groups excluding carboxylic acids is 1. The number of aromatic nitrogens is 3. The van der Waals surface area contributed by atoms with Gasteiger partial charge in [-0.2, -0.15) is 0 Å². The highest BCUT2D eigenvalue weighted by molar-refractivity contribution is 5.81. The van der Waals surface area contributed by atoms with Gasteiger partial charge in [-0.15, -0.1) is 0 Å². The lowest BCUT2D eigenvalue weighted by Gasteiger charge is -2.70. The first-order chi connectivity index (χ1) is 13.1. The molecule has 8 nitrogen and oxygen atoms in total. The number of hydrogen-bond donors (Lipinski definition) is 1. The normalized spacial score (nSPS) is 25.6. The molecule has 3 aliphatic carbocycles. The summed E-state index contributed by atoms with van der Waals surface area (Å²) in [6, 6.07) is 1.87. The fourth-order valence-corrected chi connectivity index (χ4v) is 4.61. The van der Waals surface area contributed by atoms with E-state index in [1.807, 2.05) is 33.8 Å². The van der Waals surface area contributed by atoms with Gasteiger partial charge in [0.05, 0.1) is 12.0 Å². The second-order valence-corrected chi connectivity index (χ2v) is 8.99. The van der Waals surface area contributed by atoms with Crippen LogP contribution in [0.15, 0.2) is 17.2 Å². The average molecular weight is 386 g/mol. The molecule has 1 amide bonds. The maximum Gasteiger partial charge on any atom is 0.408 e. The van der Waals surface area contributed by atoms with Crippen LogP contribution in [0.3, 0.4) is 0 Å². The van der Waals surface area contributed by atoms with Crippen molar-refractivity contribution in [1.82, 2.24) is 19.9 Å². The summed E-state index contributed by atoms with van der Waals surface area (Å²) in [5.41, 5.74) is 0.232. The standard InChI is InChI=1S/C20H26N4O4/c1-6-27-15-12-7-13(16(25)24(5)14(12)21-11-22-15)19-8-20(9-19,10-19)23-17(26)28-18(2,3)4/h7,11H,6,8-10H2,1-5H3,(H,23,26). The van der Waals surface area contributed by atoms with Gasteiger partial charge in [-0.25, -0.2) is 14.8 Å². The van der Waals surface area contributed by atoms with Gasteiger partial charge in [0.25, 0.3) is 5.56 Å². The molecule has 3 saturated carbocycles. The SMILES string of the molecule is CCOc1ncnc2c1cc(C13CC(NC(=O)OC(C)(C)C)(C1)C3)c(=O)n2C. The fourth-order valence-electron chi connectivity index (χ4n) is 4.61. The van der Waals surface area contributed by atoms with Gasteiger partial charge in [-0.1, -0.05) is 0 Å². The van der Waals surface area contributed by atoms with Crippen molar-refractivity contribution >= 4 is 17.1 Å². The number of nitrogens with zero attached hydrogens (tertiary/aromatic N) is 3. The summed E-state index contributed by atoms with van der Waals surface area (Å²) < 4.78 is 12.6. The van der Waals surface area contributed by atoms with Gasteiger partial charge < -0.3 is 14.8 Å². The molecule has 2 aromatic heterocycles. The zero-order valence-electron chi connectivity index (χ0n) is 17.0. The molecule has 8 heteroatoms. The van der Waals surface area contributed by atoms with Crippen molar-refractivity contribution < 1.29 is 14.3 Å². The molecule has 2 bridgehead atoms. The second-order valence-electron chi connectivity index (χ2n) is 8.99. The number of pyridine rings is 1. The van der Waals surface area contributed by atoms with Crippen molar-refractivity contribution in [3.8, 4) is 5.88 Å². The summed E-state index contributed by atoms with van der Waals surface area (Å²) in [6.07, 6.45) is 3.21. The predicted octanol–water partition coefficient (Wildman–Crippen LogP) is 2.43. The molecule has 1 N–H and O–H groups in total. The fraction of sp³-hybridized carbons (Fsp3) is 0.600. The Hall–Kier alpha value is -2.64. The molecular formula is C20H26N4O4. The van der Waals surface area contributed by atoms with Crippen LogP contribution >= 0.6 is 0 Å². The minimum atomic E-state index is -0.532. The molecule has 0 radical (unpaired) electrons. The highest BCUT2D eigenvalue weighted by Crippen LogP contribution is 2.67. The minimum absolute atomic E-state index is 0.0563. The highest BCUT2D eigenvalue weighted by atomic mass is 16.6. The van der Waals surface area contributed by atoms with Crippen LogP contribution in [0.2, 0.25) is 0 Å². The van der Waals surface area contributed by atoms with E-state index in [2.05, 4.69) is 15.3 Å². The van der Waals surface area contributed by atoms with Crippen LogP contribution < -0.4 is 15.6 Å². The van der Waals surface area contributed by atoms with E-state index in [4.69, 9.17) is 9.47 Å². The Morgan fingerprint density at radius 1 is 1.29 bits per heavy atom. The molecule has 0 unspecified atom stereocenters. The second kappa shape index (κ2) is 5.93. The summed E-state index contributed by atoms with van der Waals surface area (Å²) >= 11 is 0. The van der Waals surface area contributed by atoms with Crippen LogP contribution in [0, 0.1) is 0 Å². The molecule has 0 aliphatic heterocycles. The highest BCUT2D eigenvalue weighted by Gasteiger charge is 2.70. The molecule has 0 atom stereocenters. The van der Waals surface area contributed by atoms with Crippen LogP contribution in [0.25, 0.3) is 11.0 Å². The van der Waals surface area contributed by atoms with E-state index in [9.17, 15) is 9.59 Å². The maximum absolute atomic E-state index is 13.0.